The third kappa shape index (κ3) is 4.85. The van der Waals surface area contributed by atoms with E-state index in [1.807, 2.05) is 37.6 Å². The number of fused-ring (bicyclic) bond motifs is 1. The van der Waals surface area contributed by atoms with Crippen LogP contribution in [0.1, 0.15) is 21.6 Å². The average molecular weight is 488 g/mol. The van der Waals surface area contributed by atoms with Gasteiger partial charge in [0.1, 0.15) is 17.6 Å². The Balaban J connectivity index is 1.29. The SMILES string of the molecule is C#Cc1ccc(C(=O)NCCNc2ccc(-c3cc(-c4cnn(C)c4)cn4ncc(C#N)c34)cn2)cn1. The van der Waals surface area contributed by atoms with Crippen molar-refractivity contribution in [1.82, 2.24) is 34.7 Å². The van der Waals surface area contributed by atoms with Crippen LogP contribution >= 0.6 is 0 Å². The summed E-state index contributed by atoms with van der Waals surface area (Å²) in [4.78, 5) is 20.8. The number of pyridine rings is 3. The highest BCUT2D eigenvalue weighted by Crippen LogP contribution is 2.31. The second-order valence-corrected chi connectivity index (χ2v) is 8.20. The number of anilines is 1. The molecule has 0 aliphatic carbocycles. The van der Waals surface area contributed by atoms with Gasteiger partial charge in [-0.2, -0.15) is 15.5 Å². The molecular formula is C27H21N9O. The van der Waals surface area contributed by atoms with Crippen LogP contribution in [-0.4, -0.2) is 48.4 Å². The number of aromatic nitrogens is 6. The second kappa shape index (κ2) is 10.0. The van der Waals surface area contributed by atoms with Gasteiger partial charge in [0, 0.05) is 67.2 Å². The molecule has 2 N–H and O–H groups in total. The van der Waals surface area contributed by atoms with E-state index in [2.05, 4.69) is 42.8 Å². The number of carbonyl (C=O) groups excluding carboxylic acids is 1. The van der Waals surface area contributed by atoms with Gasteiger partial charge in [0.2, 0.25) is 0 Å². The van der Waals surface area contributed by atoms with E-state index in [-0.39, 0.29) is 5.91 Å². The number of hydrogen-bond donors (Lipinski definition) is 2. The lowest BCUT2D eigenvalue weighted by Crippen LogP contribution is -2.29. The van der Waals surface area contributed by atoms with Crippen molar-refractivity contribution in [3.63, 3.8) is 0 Å². The van der Waals surface area contributed by atoms with Gasteiger partial charge < -0.3 is 10.6 Å². The predicted octanol–water partition coefficient (Wildman–Crippen LogP) is 2.89. The normalized spacial score (nSPS) is 10.6. The van der Waals surface area contributed by atoms with Gasteiger partial charge in [-0.25, -0.2) is 14.5 Å². The van der Waals surface area contributed by atoms with Crippen LogP contribution in [-0.2, 0) is 7.05 Å². The first-order valence-electron chi connectivity index (χ1n) is 11.4. The number of hydrogen-bond acceptors (Lipinski definition) is 7. The van der Waals surface area contributed by atoms with Crippen LogP contribution in [0.3, 0.4) is 0 Å². The van der Waals surface area contributed by atoms with Crippen molar-refractivity contribution in [3.8, 4) is 40.7 Å². The zero-order valence-corrected chi connectivity index (χ0v) is 19.9. The van der Waals surface area contributed by atoms with Crippen molar-refractivity contribution < 1.29 is 4.79 Å². The van der Waals surface area contributed by atoms with Crippen molar-refractivity contribution >= 4 is 17.2 Å². The van der Waals surface area contributed by atoms with Crippen LogP contribution < -0.4 is 10.6 Å². The van der Waals surface area contributed by atoms with Crippen LogP contribution in [0.5, 0.6) is 0 Å². The van der Waals surface area contributed by atoms with Crippen molar-refractivity contribution in [3.05, 3.63) is 84.3 Å². The Hall–Kier alpha value is -5.48. The molecule has 0 aliphatic heterocycles. The molecule has 37 heavy (non-hydrogen) atoms. The lowest BCUT2D eigenvalue weighted by molar-refractivity contribution is 0.0955. The number of nitrogens with one attached hydrogen (secondary N) is 2. The number of nitrogens with zero attached hydrogens (tertiary/aromatic N) is 7. The average Bonchev–Trinajstić information content (AvgIpc) is 3.57. The monoisotopic (exact) mass is 487 g/mol. The highest BCUT2D eigenvalue weighted by Gasteiger charge is 2.15. The van der Waals surface area contributed by atoms with E-state index in [1.54, 1.807) is 39.9 Å². The Kier molecular flexibility index (Phi) is 6.30. The summed E-state index contributed by atoms with van der Waals surface area (Å²) in [6, 6.07) is 11.3. The Morgan fingerprint density at radius 2 is 1.89 bits per heavy atom. The van der Waals surface area contributed by atoms with E-state index >= 15 is 0 Å². The summed E-state index contributed by atoms with van der Waals surface area (Å²) in [5.74, 6) is 2.85. The molecule has 0 bridgehead atoms. The smallest absolute Gasteiger partial charge is 0.252 e. The minimum Gasteiger partial charge on any atom is -0.368 e. The van der Waals surface area contributed by atoms with Gasteiger partial charge in [0.05, 0.1) is 29.0 Å². The number of rotatable bonds is 7. The maximum absolute atomic E-state index is 12.2. The fraction of sp³-hybridized carbons (Fsp3) is 0.111. The molecule has 5 aromatic heterocycles. The molecule has 5 aromatic rings. The fourth-order valence-corrected chi connectivity index (χ4v) is 3.89. The molecular weight excluding hydrogens is 466 g/mol. The maximum Gasteiger partial charge on any atom is 0.252 e. The van der Waals surface area contributed by atoms with Crippen LogP contribution in [0.4, 0.5) is 5.82 Å². The third-order valence-corrected chi connectivity index (χ3v) is 5.74. The van der Waals surface area contributed by atoms with Gasteiger partial charge in [-0.05, 0) is 30.3 Å². The second-order valence-electron chi connectivity index (χ2n) is 8.20. The van der Waals surface area contributed by atoms with Crippen LogP contribution in [0.2, 0.25) is 0 Å². The number of nitriles is 1. The molecule has 0 saturated carbocycles. The van der Waals surface area contributed by atoms with E-state index in [0.29, 0.717) is 41.2 Å². The lowest BCUT2D eigenvalue weighted by Gasteiger charge is -2.10. The molecule has 0 spiro atoms. The van der Waals surface area contributed by atoms with E-state index in [4.69, 9.17) is 6.42 Å². The molecule has 0 aromatic carbocycles. The highest BCUT2D eigenvalue weighted by molar-refractivity contribution is 5.94. The standard InChI is InChI=1S/C27H21N9O/c1-3-23-6-4-19(13-31-23)27(37)30-9-8-29-25-7-5-18(12-32-25)24-10-20(22-15-33-35(2)16-22)17-36-26(24)21(11-28)14-34-36/h1,4-7,10,12-17H,8-9H2,2H3,(H,29,32)(H,30,37). The molecule has 180 valence electrons. The molecule has 5 rings (SSSR count). The first-order valence-corrected chi connectivity index (χ1v) is 11.4. The lowest BCUT2D eigenvalue weighted by atomic mass is 10.0. The van der Waals surface area contributed by atoms with Crippen molar-refractivity contribution in [2.75, 3.05) is 18.4 Å². The molecule has 5 heterocycles. The number of amides is 1. The summed E-state index contributed by atoms with van der Waals surface area (Å²) >= 11 is 0. The summed E-state index contributed by atoms with van der Waals surface area (Å²) in [5, 5.41) is 24.2. The van der Waals surface area contributed by atoms with Crippen molar-refractivity contribution in [2.45, 2.75) is 0 Å². The Labute approximate surface area is 212 Å². The van der Waals surface area contributed by atoms with Gasteiger partial charge in [0.25, 0.3) is 5.91 Å². The molecule has 0 saturated heterocycles. The zero-order chi connectivity index (χ0) is 25.8. The summed E-state index contributed by atoms with van der Waals surface area (Å²) in [5.41, 5.74) is 5.66. The van der Waals surface area contributed by atoms with Gasteiger partial charge >= 0.3 is 0 Å². The molecule has 0 radical (unpaired) electrons. The predicted molar refractivity (Wildman–Crippen MR) is 138 cm³/mol. The molecule has 0 unspecified atom stereocenters. The van der Waals surface area contributed by atoms with Gasteiger partial charge in [-0.1, -0.05) is 5.92 Å². The van der Waals surface area contributed by atoms with E-state index in [9.17, 15) is 10.1 Å². The first-order chi connectivity index (χ1) is 18.1. The summed E-state index contributed by atoms with van der Waals surface area (Å²) < 4.78 is 3.44. The van der Waals surface area contributed by atoms with Crippen LogP contribution in [0.25, 0.3) is 27.8 Å². The van der Waals surface area contributed by atoms with E-state index < -0.39 is 0 Å². The molecule has 10 nitrogen and oxygen atoms in total. The maximum atomic E-state index is 12.2. The van der Waals surface area contributed by atoms with Gasteiger partial charge in [0.15, 0.2) is 0 Å². The summed E-state index contributed by atoms with van der Waals surface area (Å²) in [6.45, 7) is 0.879. The molecule has 1 amide bonds. The van der Waals surface area contributed by atoms with Crippen molar-refractivity contribution in [2.24, 2.45) is 7.05 Å². The molecule has 10 heteroatoms. The zero-order valence-electron chi connectivity index (χ0n) is 19.9. The Morgan fingerprint density at radius 1 is 1.00 bits per heavy atom. The topological polar surface area (TPSA) is 126 Å². The van der Waals surface area contributed by atoms with Crippen LogP contribution in [0, 0.1) is 23.7 Å². The Morgan fingerprint density at radius 3 is 2.57 bits per heavy atom. The fourth-order valence-electron chi connectivity index (χ4n) is 3.89. The van der Waals surface area contributed by atoms with Gasteiger partial charge in [-0.15, -0.1) is 6.42 Å². The molecule has 0 fully saturated rings. The third-order valence-electron chi connectivity index (χ3n) is 5.74. The van der Waals surface area contributed by atoms with Crippen molar-refractivity contribution in [1.29, 1.82) is 5.26 Å². The summed E-state index contributed by atoms with van der Waals surface area (Å²) in [7, 11) is 1.86. The summed E-state index contributed by atoms with van der Waals surface area (Å²) in [6.07, 6.45) is 15.6. The number of terminal acetylenes is 1. The quantitative estimate of drug-likeness (QED) is 0.267. The first kappa shape index (κ1) is 23.3. The molecule has 0 atom stereocenters. The number of aryl methyl sites for hydroxylation is 1. The van der Waals surface area contributed by atoms with Crippen LogP contribution in [0.15, 0.2) is 67.5 Å². The minimum atomic E-state index is -0.229. The molecule has 0 aliphatic rings. The minimum absolute atomic E-state index is 0.229. The van der Waals surface area contributed by atoms with E-state index in [0.717, 1.165) is 22.3 Å². The highest BCUT2D eigenvalue weighted by atomic mass is 16.1. The number of carbonyl (C=O) groups is 1. The Bertz CT molecular complexity index is 1670. The largest absolute Gasteiger partial charge is 0.368 e. The van der Waals surface area contributed by atoms with E-state index in [1.165, 1.54) is 6.20 Å². The van der Waals surface area contributed by atoms with Gasteiger partial charge in [-0.3, -0.25) is 9.48 Å².